The van der Waals surface area contributed by atoms with Gasteiger partial charge in [-0.1, -0.05) is 25.5 Å². The van der Waals surface area contributed by atoms with Crippen molar-refractivity contribution in [2.75, 3.05) is 13.7 Å². The summed E-state index contributed by atoms with van der Waals surface area (Å²) in [6, 6.07) is 4.40. The van der Waals surface area contributed by atoms with Gasteiger partial charge in [0.25, 0.3) is 0 Å². The lowest BCUT2D eigenvalue weighted by Crippen LogP contribution is -2.32. The van der Waals surface area contributed by atoms with Crippen LogP contribution in [-0.2, 0) is 11.3 Å². The molecule has 0 aliphatic carbocycles. The largest absolute Gasteiger partial charge is 0.383 e. The summed E-state index contributed by atoms with van der Waals surface area (Å²) in [4.78, 5) is 0. The van der Waals surface area contributed by atoms with E-state index in [2.05, 4.69) is 12.2 Å². The lowest BCUT2D eigenvalue weighted by Gasteiger charge is -2.17. The molecule has 1 N–H and O–H groups in total. The molecule has 0 aliphatic rings. The second kappa shape index (κ2) is 7.35. The smallest absolute Gasteiger partial charge is 0.163 e. The first-order valence-electron chi connectivity index (χ1n) is 5.84. The van der Waals surface area contributed by atoms with Crippen molar-refractivity contribution in [2.45, 2.75) is 32.4 Å². The Kier molecular flexibility index (Phi) is 6.08. The Morgan fingerprint density at radius 3 is 2.76 bits per heavy atom. The molecule has 0 saturated carbocycles. The van der Waals surface area contributed by atoms with E-state index in [0.717, 1.165) is 18.9 Å². The Morgan fingerprint density at radius 2 is 2.12 bits per heavy atom. The molecule has 0 bridgehead atoms. The average molecular weight is 243 g/mol. The van der Waals surface area contributed by atoms with Crippen LogP contribution in [0.1, 0.15) is 25.3 Å². The van der Waals surface area contributed by atoms with Crippen LogP contribution in [0.2, 0.25) is 0 Å². The van der Waals surface area contributed by atoms with E-state index >= 15 is 0 Å². The van der Waals surface area contributed by atoms with Crippen molar-refractivity contribution in [3.8, 4) is 0 Å². The molecule has 2 nitrogen and oxygen atoms in total. The Hall–Kier alpha value is -1.00. The van der Waals surface area contributed by atoms with Crippen molar-refractivity contribution in [2.24, 2.45) is 0 Å². The van der Waals surface area contributed by atoms with Crippen LogP contribution in [0.5, 0.6) is 0 Å². The third-order valence-corrected chi connectivity index (χ3v) is 2.62. The van der Waals surface area contributed by atoms with Crippen molar-refractivity contribution in [3.63, 3.8) is 0 Å². The van der Waals surface area contributed by atoms with E-state index in [4.69, 9.17) is 4.74 Å². The molecule has 0 aliphatic heterocycles. The van der Waals surface area contributed by atoms with Crippen LogP contribution >= 0.6 is 0 Å². The first kappa shape index (κ1) is 14.1. The predicted molar refractivity (Wildman–Crippen MR) is 63.8 cm³/mol. The first-order valence-corrected chi connectivity index (χ1v) is 5.84. The van der Waals surface area contributed by atoms with Crippen LogP contribution in [0.4, 0.5) is 8.78 Å². The molecule has 1 atom stereocenters. The van der Waals surface area contributed by atoms with Gasteiger partial charge >= 0.3 is 0 Å². The van der Waals surface area contributed by atoms with Gasteiger partial charge in [-0.2, -0.15) is 0 Å². The first-order chi connectivity index (χ1) is 8.19. The molecule has 1 unspecified atom stereocenters. The van der Waals surface area contributed by atoms with Crippen LogP contribution in [0.3, 0.4) is 0 Å². The zero-order valence-corrected chi connectivity index (χ0v) is 10.3. The quantitative estimate of drug-likeness (QED) is 0.795. The fourth-order valence-corrected chi connectivity index (χ4v) is 1.73. The minimum Gasteiger partial charge on any atom is -0.383 e. The monoisotopic (exact) mass is 243 g/mol. The topological polar surface area (TPSA) is 21.3 Å². The molecule has 1 aromatic carbocycles. The van der Waals surface area contributed by atoms with E-state index < -0.39 is 11.6 Å². The number of rotatable bonds is 7. The summed E-state index contributed by atoms with van der Waals surface area (Å²) >= 11 is 0. The van der Waals surface area contributed by atoms with E-state index in [0.29, 0.717) is 18.7 Å². The van der Waals surface area contributed by atoms with E-state index in [1.165, 1.54) is 6.07 Å². The number of nitrogens with one attached hydrogen (secondary N) is 1. The molecule has 1 rings (SSSR count). The van der Waals surface area contributed by atoms with Crippen molar-refractivity contribution < 1.29 is 13.5 Å². The Labute approximate surface area is 101 Å². The molecule has 17 heavy (non-hydrogen) atoms. The summed E-state index contributed by atoms with van der Waals surface area (Å²) in [6.07, 6.45) is 1.97. The zero-order valence-electron chi connectivity index (χ0n) is 10.3. The van der Waals surface area contributed by atoms with Crippen LogP contribution in [0.25, 0.3) is 0 Å². The van der Waals surface area contributed by atoms with E-state index in [1.807, 2.05) is 0 Å². The van der Waals surface area contributed by atoms with Gasteiger partial charge in [-0.15, -0.1) is 0 Å². The van der Waals surface area contributed by atoms with E-state index in [9.17, 15) is 8.78 Å². The lowest BCUT2D eigenvalue weighted by atomic mass is 10.1. The molecular formula is C13H19F2NO. The zero-order chi connectivity index (χ0) is 12.7. The number of methoxy groups -OCH3 is 1. The molecule has 96 valence electrons. The fourth-order valence-electron chi connectivity index (χ4n) is 1.73. The van der Waals surface area contributed by atoms with Gasteiger partial charge in [0.15, 0.2) is 11.6 Å². The summed E-state index contributed by atoms with van der Waals surface area (Å²) in [5.74, 6) is -1.57. The van der Waals surface area contributed by atoms with Gasteiger partial charge in [0.2, 0.25) is 0 Å². The Balaban J connectivity index is 2.55. The highest BCUT2D eigenvalue weighted by Crippen LogP contribution is 2.11. The highest BCUT2D eigenvalue weighted by Gasteiger charge is 2.10. The summed E-state index contributed by atoms with van der Waals surface area (Å²) in [5, 5.41) is 3.17. The summed E-state index contributed by atoms with van der Waals surface area (Å²) in [6.45, 7) is 2.97. The minimum absolute atomic E-state index is 0.174. The molecule has 0 radical (unpaired) electrons. The molecule has 0 heterocycles. The highest BCUT2D eigenvalue weighted by molar-refractivity contribution is 5.18. The lowest BCUT2D eigenvalue weighted by molar-refractivity contribution is 0.161. The third-order valence-electron chi connectivity index (χ3n) is 2.62. The van der Waals surface area contributed by atoms with E-state index in [-0.39, 0.29) is 6.04 Å². The van der Waals surface area contributed by atoms with Gasteiger partial charge in [0.05, 0.1) is 6.61 Å². The predicted octanol–water partition coefficient (Wildman–Crippen LogP) is 2.87. The van der Waals surface area contributed by atoms with Gasteiger partial charge in [0, 0.05) is 25.3 Å². The van der Waals surface area contributed by atoms with Gasteiger partial charge in [-0.3, -0.25) is 0 Å². The second-order valence-electron chi connectivity index (χ2n) is 4.03. The maximum atomic E-state index is 13.4. The van der Waals surface area contributed by atoms with E-state index in [1.54, 1.807) is 13.2 Å². The van der Waals surface area contributed by atoms with Crippen LogP contribution in [-0.4, -0.2) is 19.8 Å². The van der Waals surface area contributed by atoms with Crippen molar-refractivity contribution in [1.29, 1.82) is 0 Å². The number of benzene rings is 1. The van der Waals surface area contributed by atoms with Crippen molar-refractivity contribution >= 4 is 0 Å². The maximum Gasteiger partial charge on any atom is 0.163 e. The minimum atomic E-state index is -0.803. The van der Waals surface area contributed by atoms with Crippen molar-refractivity contribution in [3.05, 3.63) is 35.4 Å². The van der Waals surface area contributed by atoms with Gasteiger partial charge in [-0.05, 0) is 12.5 Å². The maximum absolute atomic E-state index is 13.4. The normalized spacial score (nSPS) is 12.7. The number of hydrogen-bond donors (Lipinski definition) is 1. The van der Waals surface area contributed by atoms with Crippen LogP contribution < -0.4 is 5.32 Å². The fraction of sp³-hybridized carbons (Fsp3) is 0.538. The number of halogens is 2. The summed E-state index contributed by atoms with van der Waals surface area (Å²) in [7, 11) is 1.63. The van der Waals surface area contributed by atoms with Gasteiger partial charge < -0.3 is 10.1 Å². The standard InChI is InChI=1S/C13H19F2NO/c1-3-5-11(9-17-2)16-8-10-6-4-7-12(14)13(10)15/h4,6-7,11,16H,3,5,8-9H2,1-2H3. The van der Waals surface area contributed by atoms with Gasteiger partial charge in [0.1, 0.15) is 0 Å². The summed E-state index contributed by atoms with van der Waals surface area (Å²) in [5.41, 5.74) is 0.349. The molecule has 0 fully saturated rings. The average Bonchev–Trinajstić information content (AvgIpc) is 2.31. The number of hydrogen-bond acceptors (Lipinski definition) is 2. The number of ether oxygens (including phenoxy) is 1. The van der Waals surface area contributed by atoms with Crippen LogP contribution in [0, 0.1) is 11.6 Å². The highest BCUT2D eigenvalue weighted by atomic mass is 19.2. The molecule has 4 heteroatoms. The van der Waals surface area contributed by atoms with Gasteiger partial charge in [-0.25, -0.2) is 8.78 Å². The molecule has 0 amide bonds. The van der Waals surface area contributed by atoms with Crippen LogP contribution in [0.15, 0.2) is 18.2 Å². The second-order valence-corrected chi connectivity index (χ2v) is 4.03. The third kappa shape index (κ3) is 4.40. The SMILES string of the molecule is CCCC(COC)NCc1cccc(F)c1F. The summed E-state index contributed by atoms with van der Waals surface area (Å²) < 4.78 is 31.4. The molecule has 1 aromatic rings. The van der Waals surface area contributed by atoms with Crippen molar-refractivity contribution in [1.82, 2.24) is 5.32 Å². The molecule has 0 aromatic heterocycles. The molecular weight excluding hydrogens is 224 g/mol. The Bertz CT molecular complexity index is 338. The molecule has 0 spiro atoms. The Morgan fingerprint density at radius 1 is 1.35 bits per heavy atom. The molecule has 0 saturated heterocycles.